The molecular formula is C16H17N3OS. The molecule has 0 spiro atoms. The van der Waals surface area contributed by atoms with Crippen molar-refractivity contribution >= 4 is 28.3 Å². The second-order valence-electron chi connectivity index (χ2n) is 5.01. The van der Waals surface area contributed by atoms with Crippen LogP contribution in [-0.2, 0) is 11.2 Å². The molecule has 108 valence electrons. The van der Waals surface area contributed by atoms with Crippen LogP contribution in [0.5, 0.6) is 0 Å². The first-order valence-corrected chi connectivity index (χ1v) is 7.87. The molecule has 21 heavy (non-hydrogen) atoms. The minimum atomic E-state index is 0.0522. The summed E-state index contributed by atoms with van der Waals surface area (Å²) in [4.78, 5) is 20.9. The summed E-state index contributed by atoms with van der Waals surface area (Å²) in [5.74, 6) is 0.909. The Bertz CT molecular complexity index is 700. The van der Waals surface area contributed by atoms with Gasteiger partial charge in [-0.15, -0.1) is 11.3 Å². The number of hydrogen-bond acceptors (Lipinski definition) is 3. The first kappa shape index (κ1) is 13.8. The third-order valence-corrected chi connectivity index (χ3v) is 4.43. The zero-order valence-corrected chi connectivity index (χ0v) is 12.6. The molecule has 0 fully saturated rings. The van der Waals surface area contributed by atoms with Gasteiger partial charge in [0.25, 0.3) is 0 Å². The second-order valence-corrected chi connectivity index (χ2v) is 5.98. The molecule has 0 aliphatic carbocycles. The molecule has 0 radical (unpaired) electrons. The number of hydrogen-bond donors (Lipinski definition) is 2. The Hall–Kier alpha value is -2.14. The van der Waals surface area contributed by atoms with Crippen LogP contribution in [0.2, 0.25) is 0 Å². The van der Waals surface area contributed by atoms with Gasteiger partial charge in [0.2, 0.25) is 5.91 Å². The lowest BCUT2D eigenvalue weighted by Crippen LogP contribution is -2.26. The number of rotatable bonds is 5. The topological polar surface area (TPSA) is 57.8 Å². The van der Waals surface area contributed by atoms with Crippen LogP contribution in [0.4, 0.5) is 0 Å². The Labute approximate surface area is 127 Å². The number of aromatic nitrogens is 2. The molecular weight excluding hydrogens is 282 g/mol. The van der Waals surface area contributed by atoms with E-state index in [1.165, 1.54) is 4.88 Å². The number of nitrogens with one attached hydrogen (secondary N) is 2. The normalized spacial score (nSPS) is 12.4. The molecule has 0 aliphatic heterocycles. The molecule has 2 N–H and O–H groups in total. The van der Waals surface area contributed by atoms with Crippen molar-refractivity contribution in [3.8, 4) is 0 Å². The summed E-state index contributed by atoms with van der Waals surface area (Å²) in [6, 6.07) is 12.0. The fourth-order valence-corrected chi connectivity index (χ4v) is 3.01. The summed E-state index contributed by atoms with van der Waals surface area (Å²) in [7, 11) is 0. The van der Waals surface area contributed by atoms with Crippen LogP contribution in [0, 0.1) is 0 Å². The molecule has 4 nitrogen and oxygen atoms in total. The quantitative estimate of drug-likeness (QED) is 0.758. The van der Waals surface area contributed by atoms with Crippen molar-refractivity contribution in [2.24, 2.45) is 0 Å². The lowest BCUT2D eigenvalue weighted by molar-refractivity contribution is -0.121. The van der Waals surface area contributed by atoms with Crippen molar-refractivity contribution in [1.29, 1.82) is 0 Å². The Balaban J connectivity index is 1.56. The second kappa shape index (κ2) is 6.10. The van der Waals surface area contributed by atoms with Crippen LogP contribution in [0.25, 0.3) is 11.0 Å². The zero-order chi connectivity index (χ0) is 14.7. The molecule has 2 aromatic heterocycles. The molecule has 5 heteroatoms. The van der Waals surface area contributed by atoms with Gasteiger partial charge in [0.1, 0.15) is 5.82 Å². The lowest BCUT2D eigenvalue weighted by Gasteiger charge is -2.11. The predicted octanol–water partition coefficient (Wildman–Crippen LogP) is 3.43. The highest BCUT2D eigenvalue weighted by molar-refractivity contribution is 7.10. The highest BCUT2D eigenvalue weighted by atomic mass is 32.1. The number of carbonyl (C=O) groups excluding carboxylic acids is 1. The number of benzene rings is 1. The maximum atomic E-state index is 12.0. The van der Waals surface area contributed by atoms with Crippen LogP contribution in [0.15, 0.2) is 41.8 Å². The summed E-state index contributed by atoms with van der Waals surface area (Å²) in [5.41, 5.74) is 1.96. The minimum absolute atomic E-state index is 0.0522. The third-order valence-electron chi connectivity index (χ3n) is 3.37. The van der Waals surface area contributed by atoms with E-state index in [-0.39, 0.29) is 11.9 Å². The van der Waals surface area contributed by atoms with Gasteiger partial charge in [-0.3, -0.25) is 4.79 Å². The first-order valence-electron chi connectivity index (χ1n) is 6.99. The molecule has 3 rings (SSSR count). The fourth-order valence-electron chi connectivity index (χ4n) is 2.28. The van der Waals surface area contributed by atoms with Gasteiger partial charge >= 0.3 is 0 Å². The number of imidazole rings is 1. The number of aromatic amines is 1. The van der Waals surface area contributed by atoms with Gasteiger partial charge in [0.05, 0.1) is 17.1 Å². The average Bonchev–Trinajstić information content (AvgIpc) is 3.14. The maximum Gasteiger partial charge on any atom is 0.220 e. The minimum Gasteiger partial charge on any atom is -0.349 e. The van der Waals surface area contributed by atoms with Crippen molar-refractivity contribution in [3.05, 3.63) is 52.5 Å². The number of H-pyrrole nitrogens is 1. The molecule has 1 atom stereocenters. The Kier molecular flexibility index (Phi) is 4.01. The van der Waals surface area contributed by atoms with Crippen LogP contribution in [-0.4, -0.2) is 15.9 Å². The molecule has 0 aliphatic rings. The lowest BCUT2D eigenvalue weighted by atomic mass is 10.2. The molecule has 0 bridgehead atoms. The largest absolute Gasteiger partial charge is 0.349 e. The SMILES string of the molecule is CC(NC(=O)CCc1nc2ccccc2[nH]1)c1cccs1. The van der Waals surface area contributed by atoms with Crippen molar-refractivity contribution in [3.63, 3.8) is 0 Å². The highest BCUT2D eigenvalue weighted by Crippen LogP contribution is 2.18. The number of nitrogens with zero attached hydrogens (tertiary/aromatic N) is 1. The Morgan fingerprint density at radius 3 is 2.95 bits per heavy atom. The number of para-hydroxylation sites is 2. The average molecular weight is 299 g/mol. The van der Waals surface area contributed by atoms with Crippen molar-refractivity contribution in [1.82, 2.24) is 15.3 Å². The Morgan fingerprint density at radius 2 is 2.19 bits per heavy atom. The maximum absolute atomic E-state index is 12.0. The van der Waals surface area contributed by atoms with E-state index in [2.05, 4.69) is 15.3 Å². The molecule has 1 unspecified atom stereocenters. The molecule has 0 saturated heterocycles. The number of amides is 1. The van der Waals surface area contributed by atoms with E-state index in [9.17, 15) is 4.79 Å². The molecule has 3 aromatic rings. The van der Waals surface area contributed by atoms with Gasteiger partial charge in [0.15, 0.2) is 0 Å². The smallest absolute Gasteiger partial charge is 0.220 e. The van der Waals surface area contributed by atoms with Gasteiger partial charge in [-0.25, -0.2) is 4.98 Å². The van der Waals surface area contributed by atoms with Crippen LogP contribution in [0.1, 0.15) is 30.1 Å². The van der Waals surface area contributed by atoms with Gasteiger partial charge < -0.3 is 10.3 Å². The molecule has 2 heterocycles. The zero-order valence-electron chi connectivity index (χ0n) is 11.8. The number of aryl methyl sites for hydroxylation is 1. The van der Waals surface area contributed by atoms with Crippen molar-refractivity contribution < 1.29 is 4.79 Å². The summed E-state index contributed by atoms with van der Waals surface area (Å²) in [6.07, 6.45) is 1.06. The number of thiophene rings is 1. The third kappa shape index (κ3) is 3.31. The van der Waals surface area contributed by atoms with Gasteiger partial charge in [-0.2, -0.15) is 0 Å². The number of carbonyl (C=O) groups is 1. The summed E-state index contributed by atoms with van der Waals surface area (Å²) in [6.45, 7) is 2.00. The van der Waals surface area contributed by atoms with E-state index in [1.54, 1.807) is 11.3 Å². The molecule has 0 saturated carbocycles. The van der Waals surface area contributed by atoms with Crippen molar-refractivity contribution in [2.75, 3.05) is 0 Å². The van der Waals surface area contributed by atoms with E-state index in [4.69, 9.17) is 0 Å². The van der Waals surface area contributed by atoms with E-state index in [0.717, 1.165) is 16.9 Å². The van der Waals surface area contributed by atoms with Gasteiger partial charge in [-0.05, 0) is 30.5 Å². The number of fused-ring (bicyclic) bond motifs is 1. The van der Waals surface area contributed by atoms with Crippen LogP contribution < -0.4 is 5.32 Å². The summed E-state index contributed by atoms with van der Waals surface area (Å²) in [5, 5.41) is 5.04. The fraction of sp³-hybridized carbons (Fsp3) is 0.250. The van der Waals surface area contributed by atoms with E-state index >= 15 is 0 Å². The first-order chi connectivity index (χ1) is 10.2. The molecule has 1 amide bonds. The van der Waals surface area contributed by atoms with Gasteiger partial charge in [0, 0.05) is 17.7 Å². The van der Waals surface area contributed by atoms with E-state index in [0.29, 0.717) is 12.8 Å². The Morgan fingerprint density at radius 1 is 1.33 bits per heavy atom. The van der Waals surface area contributed by atoms with Crippen LogP contribution >= 0.6 is 11.3 Å². The standard InChI is InChI=1S/C16H17N3OS/c1-11(14-7-4-10-21-14)17-16(20)9-8-15-18-12-5-2-3-6-13(12)19-15/h2-7,10-11H,8-9H2,1H3,(H,17,20)(H,18,19). The monoisotopic (exact) mass is 299 g/mol. The highest BCUT2D eigenvalue weighted by Gasteiger charge is 2.11. The van der Waals surface area contributed by atoms with E-state index in [1.807, 2.05) is 48.7 Å². The molecule has 1 aromatic carbocycles. The predicted molar refractivity (Wildman–Crippen MR) is 85.3 cm³/mol. The summed E-state index contributed by atoms with van der Waals surface area (Å²) < 4.78 is 0. The summed E-state index contributed by atoms with van der Waals surface area (Å²) >= 11 is 1.66. The van der Waals surface area contributed by atoms with Crippen LogP contribution in [0.3, 0.4) is 0 Å². The van der Waals surface area contributed by atoms with Gasteiger partial charge in [-0.1, -0.05) is 18.2 Å². The van der Waals surface area contributed by atoms with E-state index < -0.39 is 0 Å². The van der Waals surface area contributed by atoms with Crippen molar-refractivity contribution in [2.45, 2.75) is 25.8 Å².